The van der Waals surface area contributed by atoms with Gasteiger partial charge < -0.3 is 14.9 Å². The van der Waals surface area contributed by atoms with Crippen molar-refractivity contribution in [2.24, 2.45) is 0 Å². The molecule has 1 aliphatic rings. The number of nitrogens with zero attached hydrogens (tertiary/aromatic N) is 4. The van der Waals surface area contributed by atoms with Gasteiger partial charge in [0.2, 0.25) is 5.91 Å². The van der Waals surface area contributed by atoms with Crippen LogP contribution in [-0.2, 0) is 11.2 Å². The van der Waals surface area contributed by atoms with E-state index in [-0.39, 0.29) is 27.8 Å². The van der Waals surface area contributed by atoms with Crippen molar-refractivity contribution in [1.29, 1.82) is 0 Å². The molecule has 0 radical (unpaired) electrons. The highest BCUT2D eigenvalue weighted by Gasteiger charge is 2.26. The second kappa shape index (κ2) is 9.15. The fourth-order valence-electron chi connectivity index (χ4n) is 4.64. The van der Waals surface area contributed by atoms with E-state index < -0.39 is 5.82 Å². The lowest BCUT2D eigenvalue weighted by molar-refractivity contribution is -0.126. The highest BCUT2D eigenvalue weighted by Crippen LogP contribution is 2.42. The summed E-state index contributed by atoms with van der Waals surface area (Å²) in [5.41, 5.74) is 0.877. The smallest absolute Gasteiger partial charge is 0.246 e. The predicted octanol–water partition coefficient (Wildman–Crippen LogP) is 5.35. The van der Waals surface area contributed by atoms with Crippen LogP contribution in [0.3, 0.4) is 0 Å². The van der Waals surface area contributed by atoms with Crippen LogP contribution in [0.25, 0.3) is 32.8 Å². The number of aromatic nitrogens is 2. The number of rotatable bonds is 4. The van der Waals surface area contributed by atoms with E-state index in [2.05, 4.69) is 11.6 Å². The van der Waals surface area contributed by atoms with Crippen molar-refractivity contribution >= 4 is 45.0 Å². The summed E-state index contributed by atoms with van der Waals surface area (Å²) in [6, 6.07) is 12.3. The first-order chi connectivity index (χ1) is 16.9. The minimum Gasteiger partial charge on any atom is -0.508 e. The molecule has 178 valence electrons. The molecule has 1 aromatic heterocycles. The van der Waals surface area contributed by atoms with Gasteiger partial charge in [0.25, 0.3) is 0 Å². The van der Waals surface area contributed by atoms with Crippen LogP contribution in [0, 0.1) is 5.82 Å². The molecule has 1 amide bonds. The number of hydrogen-bond acceptors (Lipinski definition) is 5. The highest BCUT2D eigenvalue weighted by molar-refractivity contribution is 6.35. The third-order valence-corrected chi connectivity index (χ3v) is 6.70. The quantitative estimate of drug-likeness (QED) is 0.391. The summed E-state index contributed by atoms with van der Waals surface area (Å²) in [6.45, 7) is 7.60. The number of carbonyl (C=O) groups excluding carboxylic acids is 1. The first-order valence-electron chi connectivity index (χ1n) is 11.5. The number of anilines is 1. The Morgan fingerprint density at radius 2 is 1.89 bits per heavy atom. The molecule has 0 spiro atoms. The minimum absolute atomic E-state index is 0.0267. The van der Waals surface area contributed by atoms with Crippen molar-refractivity contribution in [3.63, 3.8) is 0 Å². The first kappa shape index (κ1) is 23.1. The van der Waals surface area contributed by atoms with Crippen LogP contribution < -0.4 is 4.90 Å². The summed E-state index contributed by atoms with van der Waals surface area (Å²) in [4.78, 5) is 25.0. The largest absolute Gasteiger partial charge is 0.508 e. The average molecular weight is 491 g/mol. The van der Waals surface area contributed by atoms with Crippen LogP contribution in [0.4, 0.5) is 10.2 Å². The number of carbonyl (C=O) groups is 1. The Kier molecular flexibility index (Phi) is 6.03. The lowest BCUT2D eigenvalue weighted by atomic mass is 9.96. The molecule has 0 unspecified atom stereocenters. The number of hydrogen-bond donors (Lipinski definition) is 1. The summed E-state index contributed by atoms with van der Waals surface area (Å²) in [5, 5.41) is 12.6. The standard InChI is InChI=1S/C27H24ClFN4O2/c1-3-22-30-26-20(27(31-22)33-11-9-32(10-12-33)23(35)4-2)15-21(28)24(25(26)29)19-14-17(34)13-16-7-5-6-8-18(16)19/h4-8,13-15,34H,2-3,9-12H2,1H3. The molecule has 8 heteroatoms. The van der Waals surface area contributed by atoms with E-state index in [4.69, 9.17) is 16.6 Å². The lowest BCUT2D eigenvalue weighted by Crippen LogP contribution is -2.48. The minimum atomic E-state index is -0.554. The van der Waals surface area contributed by atoms with Gasteiger partial charge in [-0.25, -0.2) is 14.4 Å². The van der Waals surface area contributed by atoms with E-state index in [0.29, 0.717) is 55.2 Å². The lowest BCUT2D eigenvalue weighted by Gasteiger charge is -2.35. The molecule has 35 heavy (non-hydrogen) atoms. The van der Waals surface area contributed by atoms with Crippen LogP contribution in [0.2, 0.25) is 5.02 Å². The fourth-order valence-corrected chi connectivity index (χ4v) is 4.93. The maximum Gasteiger partial charge on any atom is 0.246 e. The fraction of sp³-hybridized carbons (Fsp3) is 0.222. The van der Waals surface area contributed by atoms with Gasteiger partial charge in [0.1, 0.15) is 22.9 Å². The van der Waals surface area contributed by atoms with E-state index in [1.54, 1.807) is 17.0 Å². The summed E-state index contributed by atoms with van der Waals surface area (Å²) in [5.74, 6) is 0.486. The molecule has 0 bridgehead atoms. The monoisotopic (exact) mass is 490 g/mol. The maximum atomic E-state index is 16.2. The summed E-state index contributed by atoms with van der Waals surface area (Å²) >= 11 is 6.70. The topological polar surface area (TPSA) is 69.6 Å². The second-order valence-electron chi connectivity index (χ2n) is 8.49. The Morgan fingerprint density at radius 1 is 1.14 bits per heavy atom. The van der Waals surface area contributed by atoms with Crippen molar-refractivity contribution in [2.45, 2.75) is 13.3 Å². The molecule has 1 aliphatic heterocycles. The van der Waals surface area contributed by atoms with Crippen molar-refractivity contribution < 1.29 is 14.3 Å². The van der Waals surface area contributed by atoms with Crippen molar-refractivity contribution in [1.82, 2.24) is 14.9 Å². The molecule has 2 heterocycles. The van der Waals surface area contributed by atoms with Crippen LogP contribution in [0.15, 0.2) is 55.1 Å². The molecule has 1 saturated heterocycles. The Labute approximate surface area is 207 Å². The molecule has 1 fully saturated rings. The molecule has 0 aliphatic carbocycles. The zero-order valence-corrected chi connectivity index (χ0v) is 20.0. The molecule has 6 nitrogen and oxygen atoms in total. The zero-order valence-electron chi connectivity index (χ0n) is 19.3. The second-order valence-corrected chi connectivity index (χ2v) is 8.90. The first-order valence-corrected chi connectivity index (χ1v) is 11.9. The number of phenolic OH excluding ortho intramolecular Hbond substituents is 1. The number of benzene rings is 3. The highest BCUT2D eigenvalue weighted by atomic mass is 35.5. The number of halogens is 2. The third kappa shape index (κ3) is 4.06. The van der Waals surface area contributed by atoms with Gasteiger partial charge in [0, 0.05) is 43.5 Å². The molecule has 0 atom stereocenters. The van der Waals surface area contributed by atoms with Gasteiger partial charge in [-0.1, -0.05) is 49.4 Å². The Morgan fingerprint density at radius 3 is 2.60 bits per heavy atom. The van der Waals surface area contributed by atoms with Gasteiger partial charge in [-0.3, -0.25) is 4.79 Å². The SMILES string of the molecule is C=CC(=O)N1CCN(c2nc(CC)nc3c(F)c(-c4cc(O)cc5ccccc45)c(Cl)cc23)CC1. The number of piperazine rings is 1. The normalized spacial score (nSPS) is 14.0. The molecular weight excluding hydrogens is 467 g/mol. The number of aromatic hydroxyl groups is 1. The summed E-state index contributed by atoms with van der Waals surface area (Å²) in [6.07, 6.45) is 1.84. The van der Waals surface area contributed by atoms with E-state index in [1.807, 2.05) is 36.1 Å². The van der Waals surface area contributed by atoms with Gasteiger partial charge in [-0.05, 0) is 40.6 Å². The molecule has 4 aromatic rings. The van der Waals surface area contributed by atoms with Gasteiger partial charge in [-0.2, -0.15) is 0 Å². The van der Waals surface area contributed by atoms with Crippen molar-refractivity contribution in [3.05, 3.63) is 71.8 Å². The predicted molar refractivity (Wildman–Crippen MR) is 137 cm³/mol. The van der Waals surface area contributed by atoms with Crippen molar-refractivity contribution in [2.75, 3.05) is 31.1 Å². The Balaban J connectivity index is 1.68. The van der Waals surface area contributed by atoms with Crippen LogP contribution in [0.1, 0.15) is 12.7 Å². The van der Waals surface area contributed by atoms with E-state index in [1.165, 1.54) is 12.1 Å². The van der Waals surface area contributed by atoms with Crippen LogP contribution in [-0.4, -0.2) is 52.1 Å². The summed E-state index contributed by atoms with van der Waals surface area (Å²) in [7, 11) is 0. The third-order valence-electron chi connectivity index (χ3n) is 6.41. The van der Waals surface area contributed by atoms with E-state index in [9.17, 15) is 9.90 Å². The van der Waals surface area contributed by atoms with E-state index >= 15 is 4.39 Å². The summed E-state index contributed by atoms with van der Waals surface area (Å²) < 4.78 is 16.2. The Bertz CT molecular complexity index is 1480. The van der Waals surface area contributed by atoms with Gasteiger partial charge >= 0.3 is 0 Å². The number of fused-ring (bicyclic) bond motifs is 2. The van der Waals surface area contributed by atoms with Crippen molar-refractivity contribution in [3.8, 4) is 16.9 Å². The molecule has 5 rings (SSSR count). The number of phenols is 1. The molecule has 3 aromatic carbocycles. The van der Waals surface area contributed by atoms with Gasteiger partial charge in [-0.15, -0.1) is 0 Å². The zero-order chi connectivity index (χ0) is 24.7. The molecule has 1 N–H and O–H groups in total. The van der Waals surface area contributed by atoms with Gasteiger partial charge in [0.15, 0.2) is 5.82 Å². The van der Waals surface area contributed by atoms with Gasteiger partial charge in [0.05, 0.1) is 5.02 Å². The molecular formula is C27H24ClFN4O2. The average Bonchev–Trinajstić information content (AvgIpc) is 2.87. The van der Waals surface area contributed by atoms with Crippen LogP contribution in [0.5, 0.6) is 5.75 Å². The number of amides is 1. The number of aryl methyl sites for hydroxylation is 1. The maximum absolute atomic E-state index is 16.2. The van der Waals surface area contributed by atoms with E-state index in [0.717, 1.165) is 10.8 Å². The molecule has 0 saturated carbocycles. The van der Waals surface area contributed by atoms with Crippen LogP contribution >= 0.6 is 11.6 Å². The Hall–Kier alpha value is -3.71.